The third-order valence-corrected chi connectivity index (χ3v) is 3.36. The molecule has 2 rings (SSSR count). The van der Waals surface area contributed by atoms with Crippen LogP contribution in [0.2, 0.25) is 0 Å². The minimum absolute atomic E-state index is 0.118. The topological polar surface area (TPSA) is 37.8 Å². The van der Waals surface area contributed by atoms with Crippen molar-refractivity contribution in [1.29, 1.82) is 0 Å². The summed E-state index contributed by atoms with van der Waals surface area (Å²) < 4.78 is 1.73. The van der Waals surface area contributed by atoms with Crippen LogP contribution in [-0.2, 0) is 6.54 Å². The standard InChI is InChI=1S/C16H22N2O/c1-5-10-18-16(19)14(11(2)3)15(17-18)13-8-6-12(4)7-9-13/h6-9,11,17H,5,10H2,1-4H3. The van der Waals surface area contributed by atoms with Crippen molar-refractivity contribution < 1.29 is 0 Å². The lowest BCUT2D eigenvalue weighted by atomic mass is 9.99. The number of nitrogens with zero attached hydrogens (tertiary/aromatic N) is 1. The number of benzene rings is 1. The van der Waals surface area contributed by atoms with Crippen molar-refractivity contribution in [3.05, 3.63) is 45.7 Å². The van der Waals surface area contributed by atoms with E-state index >= 15 is 0 Å². The maximum atomic E-state index is 12.4. The second-order valence-corrected chi connectivity index (χ2v) is 5.38. The molecule has 2 aromatic rings. The Bertz CT molecular complexity index is 603. The number of rotatable bonds is 4. The van der Waals surface area contributed by atoms with Crippen molar-refractivity contribution in [2.24, 2.45) is 0 Å². The van der Waals surface area contributed by atoms with Gasteiger partial charge in [-0.3, -0.25) is 14.6 Å². The van der Waals surface area contributed by atoms with Gasteiger partial charge in [0.2, 0.25) is 0 Å². The average molecular weight is 258 g/mol. The summed E-state index contributed by atoms with van der Waals surface area (Å²) >= 11 is 0. The molecule has 1 N–H and O–H groups in total. The van der Waals surface area contributed by atoms with Gasteiger partial charge in [0.05, 0.1) is 5.69 Å². The number of H-pyrrole nitrogens is 1. The van der Waals surface area contributed by atoms with Gasteiger partial charge in [-0.1, -0.05) is 50.6 Å². The van der Waals surface area contributed by atoms with Crippen molar-refractivity contribution in [2.45, 2.75) is 46.6 Å². The van der Waals surface area contributed by atoms with Gasteiger partial charge in [0.1, 0.15) is 0 Å². The number of nitrogens with one attached hydrogen (secondary N) is 1. The van der Waals surface area contributed by atoms with Crippen molar-refractivity contribution >= 4 is 0 Å². The molecule has 0 spiro atoms. The maximum absolute atomic E-state index is 12.4. The fraction of sp³-hybridized carbons (Fsp3) is 0.438. The van der Waals surface area contributed by atoms with Crippen LogP contribution in [-0.4, -0.2) is 9.78 Å². The Hall–Kier alpha value is -1.77. The van der Waals surface area contributed by atoms with Crippen LogP contribution in [0, 0.1) is 6.92 Å². The molecule has 0 radical (unpaired) electrons. The summed E-state index contributed by atoms with van der Waals surface area (Å²) in [5.74, 6) is 0.221. The SMILES string of the molecule is CCCn1[nH]c(-c2ccc(C)cc2)c(C(C)C)c1=O. The number of aryl methyl sites for hydroxylation is 2. The number of hydrogen-bond acceptors (Lipinski definition) is 1. The van der Waals surface area contributed by atoms with E-state index in [4.69, 9.17) is 0 Å². The molecule has 0 aliphatic heterocycles. The Balaban J connectivity index is 2.58. The summed E-state index contributed by atoms with van der Waals surface area (Å²) in [4.78, 5) is 12.4. The second-order valence-electron chi connectivity index (χ2n) is 5.38. The zero-order chi connectivity index (χ0) is 14.0. The molecule has 19 heavy (non-hydrogen) atoms. The molecule has 102 valence electrons. The quantitative estimate of drug-likeness (QED) is 0.892. The van der Waals surface area contributed by atoms with Crippen LogP contribution in [0.1, 0.15) is 44.2 Å². The normalized spacial score (nSPS) is 11.2. The third-order valence-electron chi connectivity index (χ3n) is 3.36. The van der Waals surface area contributed by atoms with Gasteiger partial charge in [-0.25, -0.2) is 0 Å². The molecule has 1 aromatic heterocycles. The van der Waals surface area contributed by atoms with Crippen molar-refractivity contribution in [2.75, 3.05) is 0 Å². The Kier molecular flexibility index (Phi) is 3.93. The summed E-state index contributed by atoms with van der Waals surface area (Å²) in [7, 11) is 0. The number of hydrogen-bond donors (Lipinski definition) is 1. The molecule has 3 nitrogen and oxygen atoms in total. The van der Waals surface area contributed by atoms with E-state index in [2.05, 4.69) is 57.1 Å². The van der Waals surface area contributed by atoms with E-state index in [-0.39, 0.29) is 11.5 Å². The van der Waals surface area contributed by atoms with Crippen molar-refractivity contribution in [3.8, 4) is 11.3 Å². The molecular formula is C16H22N2O. The molecule has 0 atom stereocenters. The van der Waals surface area contributed by atoms with Gasteiger partial charge in [-0.05, 0) is 24.8 Å². The van der Waals surface area contributed by atoms with Gasteiger partial charge in [-0.15, -0.1) is 0 Å². The summed E-state index contributed by atoms with van der Waals surface area (Å²) in [5.41, 5.74) is 4.28. The molecule has 0 unspecified atom stereocenters. The third kappa shape index (κ3) is 2.65. The molecule has 0 fully saturated rings. The van der Waals surface area contributed by atoms with Gasteiger partial charge >= 0.3 is 0 Å². The predicted molar refractivity (Wildman–Crippen MR) is 79.6 cm³/mol. The molecule has 1 aromatic carbocycles. The van der Waals surface area contributed by atoms with Crippen molar-refractivity contribution in [3.63, 3.8) is 0 Å². The first-order chi connectivity index (χ1) is 9.04. The average Bonchev–Trinajstić information content (AvgIpc) is 2.68. The van der Waals surface area contributed by atoms with Crippen LogP contribution in [0.5, 0.6) is 0 Å². The Labute approximate surface area is 114 Å². The molecule has 0 saturated carbocycles. The Morgan fingerprint density at radius 1 is 1.21 bits per heavy atom. The van der Waals surface area contributed by atoms with Crippen molar-refractivity contribution in [1.82, 2.24) is 9.78 Å². The van der Waals surface area contributed by atoms with E-state index in [0.717, 1.165) is 29.8 Å². The molecular weight excluding hydrogens is 236 g/mol. The van der Waals surface area contributed by atoms with Crippen LogP contribution < -0.4 is 5.56 Å². The van der Waals surface area contributed by atoms with Gasteiger partial charge in [0.25, 0.3) is 5.56 Å². The van der Waals surface area contributed by atoms with Gasteiger partial charge in [0.15, 0.2) is 0 Å². The van der Waals surface area contributed by atoms with E-state index in [9.17, 15) is 4.79 Å². The Morgan fingerprint density at radius 2 is 1.84 bits per heavy atom. The van der Waals surface area contributed by atoms with Gasteiger partial charge in [-0.2, -0.15) is 0 Å². The highest BCUT2D eigenvalue weighted by atomic mass is 16.1. The highest BCUT2D eigenvalue weighted by molar-refractivity contribution is 5.63. The largest absolute Gasteiger partial charge is 0.295 e. The number of aromatic nitrogens is 2. The summed E-state index contributed by atoms with van der Waals surface area (Å²) in [6.07, 6.45) is 0.950. The van der Waals surface area contributed by atoms with Crippen LogP contribution >= 0.6 is 0 Å². The predicted octanol–water partition coefficient (Wildman–Crippen LogP) is 3.69. The van der Waals surface area contributed by atoms with Gasteiger partial charge in [0, 0.05) is 12.1 Å². The second kappa shape index (κ2) is 5.47. The lowest BCUT2D eigenvalue weighted by molar-refractivity contribution is 0.584. The van der Waals surface area contributed by atoms with Crippen LogP contribution in [0.3, 0.4) is 0 Å². The van der Waals surface area contributed by atoms with E-state index in [1.54, 1.807) is 4.68 Å². The first-order valence-corrected chi connectivity index (χ1v) is 6.94. The molecule has 3 heteroatoms. The summed E-state index contributed by atoms with van der Waals surface area (Å²) in [6, 6.07) is 8.30. The van der Waals surface area contributed by atoms with Crippen LogP contribution in [0.25, 0.3) is 11.3 Å². The zero-order valence-electron chi connectivity index (χ0n) is 12.2. The lowest BCUT2D eigenvalue weighted by Gasteiger charge is -2.05. The molecule has 0 aliphatic rings. The smallest absolute Gasteiger partial charge is 0.270 e. The van der Waals surface area contributed by atoms with E-state index in [1.807, 2.05) is 0 Å². The zero-order valence-corrected chi connectivity index (χ0v) is 12.2. The van der Waals surface area contributed by atoms with Crippen LogP contribution in [0.15, 0.2) is 29.1 Å². The molecule has 0 saturated heterocycles. The van der Waals surface area contributed by atoms with E-state index in [1.165, 1.54) is 5.56 Å². The van der Waals surface area contributed by atoms with E-state index < -0.39 is 0 Å². The van der Waals surface area contributed by atoms with Crippen LogP contribution in [0.4, 0.5) is 0 Å². The number of aromatic amines is 1. The molecule has 0 amide bonds. The van der Waals surface area contributed by atoms with Gasteiger partial charge < -0.3 is 0 Å². The highest BCUT2D eigenvalue weighted by Crippen LogP contribution is 2.25. The molecule has 0 aliphatic carbocycles. The lowest BCUT2D eigenvalue weighted by Crippen LogP contribution is -2.19. The van der Waals surface area contributed by atoms with E-state index in [0.29, 0.717) is 0 Å². The maximum Gasteiger partial charge on any atom is 0.270 e. The first-order valence-electron chi connectivity index (χ1n) is 6.94. The molecule has 1 heterocycles. The first kappa shape index (κ1) is 13.7. The molecule has 0 bridgehead atoms. The monoisotopic (exact) mass is 258 g/mol. The summed E-state index contributed by atoms with van der Waals surface area (Å²) in [6.45, 7) is 9.02. The highest BCUT2D eigenvalue weighted by Gasteiger charge is 2.17. The Morgan fingerprint density at radius 3 is 2.37 bits per heavy atom. The fourth-order valence-electron chi connectivity index (χ4n) is 2.36. The summed E-state index contributed by atoms with van der Waals surface area (Å²) in [5, 5.41) is 3.27. The minimum atomic E-state index is 0.118. The fourth-order valence-corrected chi connectivity index (χ4v) is 2.36. The minimum Gasteiger partial charge on any atom is -0.295 e.